The molecule has 1 heterocycles. The molecular weight excluding hydrogens is 291 g/mol. The molecule has 1 fully saturated rings. The maximum absolute atomic E-state index is 12.9. The first-order chi connectivity index (χ1) is 11.1. The van der Waals surface area contributed by atoms with Crippen LogP contribution in [0.5, 0.6) is 0 Å². The Kier molecular flexibility index (Phi) is 4.72. The van der Waals surface area contributed by atoms with Gasteiger partial charge in [0.1, 0.15) is 5.82 Å². The quantitative estimate of drug-likeness (QED) is 0.869. The van der Waals surface area contributed by atoms with Gasteiger partial charge in [-0.3, -0.25) is 9.69 Å². The molecule has 4 heteroatoms. The minimum atomic E-state index is -0.206. The first-order valence-corrected chi connectivity index (χ1v) is 7.94. The number of aryl methyl sites for hydroxylation is 1. The monoisotopic (exact) mass is 312 g/mol. The van der Waals surface area contributed by atoms with Crippen molar-refractivity contribution in [3.8, 4) is 0 Å². The predicted molar refractivity (Wildman–Crippen MR) is 88.8 cm³/mol. The van der Waals surface area contributed by atoms with E-state index in [4.69, 9.17) is 0 Å². The fraction of sp³-hybridized carbons (Fsp3) is 0.316. The van der Waals surface area contributed by atoms with E-state index in [0.717, 1.165) is 49.4 Å². The molecule has 0 saturated carbocycles. The Morgan fingerprint density at radius 1 is 1.04 bits per heavy atom. The van der Waals surface area contributed by atoms with Crippen molar-refractivity contribution in [3.63, 3.8) is 0 Å². The van der Waals surface area contributed by atoms with E-state index in [9.17, 15) is 9.18 Å². The van der Waals surface area contributed by atoms with Crippen molar-refractivity contribution in [2.75, 3.05) is 26.2 Å². The highest BCUT2D eigenvalue weighted by molar-refractivity contribution is 5.94. The summed E-state index contributed by atoms with van der Waals surface area (Å²) in [6.07, 6.45) is 0. The molecule has 0 radical (unpaired) electrons. The molecule has 1 saturated heterocycles. The van der Waals surface area contributed by atoms with Gasteiger partial charge in [0, 0.05) is 38.3 Å². The summed E-state index contributed by atoms with van der Waals surface area (Å²) in [6, 6.07) is 14.4. The Balaban J connectivity index is 1.55. The van der Waals surface area contributed by atoms with Crippen LogP contribution in [0.2, 0.25) is 0 Å². The van der Waals surface area contributed by atoms with Gasteiger partial charge < -0.3 is 4.90 Å². The lowest BCUT2D eigenvalue weighted by Crippen LogP contribution is -2.48. The third-order valence-electron chi connectivity index (χ3n) is 4.24. The average molecular weight is 312 g/mol. The molecule has 0 unspecified atom stereocenters. The molecule has 0 spiro atoms. The molecule has 120 valence electrons. The minimum Gasteiger partial charge on any atom is -0.336 e. The van der Waals surface area contributed by atoms with Crippen LogP contribution < -0.4 is 0 Å². The largest absolute Gasteiger partial charge is 0.336 e. The molecule has 2 aromatic carbocycles. The number of carbonyl (C=O) groups is 1. The lowest BCUT2D eigenvalue weighted by atomic mass is 10.1. The van der Waals surface area contributed by atoms with Crippen LogP contribution in [0.1, 0.15) is 21.5 Å². The van der Waals surface area contributed by atoms with E-state index in [1.165, 1.54) is 12.1 Å². The lowest BCUT2D eigenvalue weighted by Gasteiger charge is -2.34. The van der Waals surface area contributed by atoms with Crippen molar-refractivity contribution in [1.82, 2.24) is 9.80 Å². The second kappa shape index (κ2) is 6.92. The highest BCUT2D eigenvalue weighted by Gasteiger charge is 2.22. The number of piperazine rings is 1. The van der Waals surface area contributed by atoms with E-state index in [1.807, 2.05) is 48.2 Å². The fourth-order valence-electron chi connectivity index (χ4n) is 2.92. The predicted octanol–water partition coefficient (Wildman–Crippen LogP) is 3.09. The number of amides is 1. The van der Waals surface area contributed by atoms with Gasteiger partial charge in [-0.25, -0.2) is 4.39 Å². The minimum absolute atomic E-state index is 0.107. The van der Waals surface area contributed by atoms with Crippen LogP contribution in [0.4, 0.5) is 4.39 Å². The van der Waals surface area contributed by atoms with Crippen molar-refractivity contribution in [2.45, 2.75) is 13.5 Å². The highest BCUT2D eigenvalue weighted by atomic mass is 19.1. The van der Waals surface area contributed by atoms with Gasteiger partial charge in [0.05, 0.1) is 0 Å². The van der Waals surface area contributed by atoms with Crippen molar-refractivity contribution in [1.29, 1.82) is 0 Å². The molecule has 0 atom stereocenters. The molecule has 0 aliphatic carbocycles. The second-order valence-electron chi connectivity index (χ2n) is 6.06. The van der Waals surface area contributed by atoms with E-state index in [2.05, 4.69) is 4.90 Å². The van der Waals surface area contributed by atoms with Crippen molar-refractivity contribution in [2.24, 2.45) is 0 Å². The standard InChI is InChI=1S/C19H21FN2O/c1-15-3-2-4-17(13-15)19(23)22-11-9-21(10-12-22)14-16-5-7-18(20)8-6-16/h2-8,13H,9-12,14H2,1H3. The number of nitrogens with zero attached hydrogens (tertiary/aromatic N) is 2. The molecule has 2 aromatic rings. The smallest absolute Gasteiger partial charge is 0.253 e. The maximum Gasteiger partial charge on any atom is 0.253 e. The van der Waals surface area contributed by atoms with Gasteiger partial charge in [0.25, 0.3) is 5.91 Å². The van der Waals surface area contributed by atoms with Gasteiger partial charge in [-0.2, -0.15) is 0 Å². The number of carbonyl (C=O) groups excluding carboxylic acids is 1. The highest BCUT2D eigenvalue weighted by Crippen LogP contribution is 2.13. The van der Waals surface area contributed by atoms with Crippen LogP contribution in [0, 0.1) is 12.7 Å². The summed E-state index contributed by atoms with van der Waals surface area (Å²) < 4.78 is 12.9. The first-order valence-electron chi connectivity index (χ1n) is 7.94. The van der Waals surface area contributed by atoms with Crippen LogP contribution in [0.3, 0.4) is 0 Å². The third-order valence-corrected chi connectivity index (χ3v) is 4.24. The molecule has 3 rings (SSSR count). The topological polar surface area (TPSA) is 23.6 Å². The first kappa shape index (κ1) is 15.7. The zero-order valence-electron chi connectivity index (χ0n) is 13.3. The van der Waals surface area contributed by atoms with Crippen molar-refractivity contribution in [3.05, 3.63) is 71.0 Å². The number of benzene rings is 2. The van der Waals surface area contributed by atoms with E-state index in [0.29, 0.717) is 0 Å². The van der Waals surface area contributed by atoms with Gasteiger partial charge in [0.15, 0.2) is 0 Å². The summed E-state index contributed by atoms with van der Waals surface area (Å²) in [5, 5.41) is 0. The maximum atomic E-state index is 12.9. The Labute approximate surface area is 136 Å². The zero-order chi connectivity index (χ0) is 16.2. The Morgan fingerprint density at radius 3 is 2.39 bits per heavy atom. The van der Waals surface area contributed by atoms with Crippen LogP contribution >= 0.6 is 0 Å². The molecule has 23 heavy (non-hydrogen) atoms. The number of hydrogen-bond donors (Lipinski definition) is 0. The number of halogens is 1. The van der Waals surface area contributed by atoms with Gasteiger partial charge in [-0.15, -0.1) is 0 Å². The summed E-state index contributed by atoms with van der Waals surface area (Å²) in [5.74, 6) is -0.0996. The van der Waals surface area contributed by atoms with Crippen molar-refractivity contribution < 1.29 is 9.18 Å². The summed E-state index contributed by atoms with van der Waals surface area (Å²) in [7, 11) is 0. The van der Waals surface area contributed by atoms with Crippen LogP contribution in [-0.4, -0.2) is 41.9 Å². The summed E-state index contributed by atoms with van der Waals surface area (Å²) in [4.78, 5) is 16.7. The van der Waals surface area contributed by atoms with Gasteiger partial charge in [-0.1, -0.05) is 29.8 Å². The number of rotatable bonds is 3. The number of hydrogen-bond acceptors (Lipinski definition) is 2. The molecular formula is C19H21FN2O. The molecule has 0 N–H and O–H groups in total. The van der Waals surface area contributed by atoms with E-state index < -0.39 is 0 Å². The van der Waals surface area contributed by atoms with Gasteiger partial charge in [0.2, 0.25) is 0 Å². The average Bonchev–Trinajstić information content (AvgIpc) is 2.57. The van der Waals surface area contributed by atoms with E-state index in [1.54, 1.807) is 0 Å². The van der Waals surface area contributed by atoms with Gasteiger partial charge in [-0.05, 0) is 36.8 Å². The van der Waals surface area contributed by atoms with Crippen molar-refractivity contribution >= 4 is 5.91 Å². The van der Waals surface area contributed by atoms with E-state index >= 15 is 0 Å². The Bertz CT molecular complexity index is 676. The normalized spacial score (nSPS) is 15.7. The van der Waals surface area contributed by atoms with Crippen LogP contribution in [-0.2, 0) is 6.54 Å². The van der Waals surface area contributed by atoms with E-state index in [-0.39, 0.29) is 11.7 Å². The van der Waals surface area contributed by atoms with Crippen LogP contribution in [0.15, 0.2) is 48.5 Å². The molecule has 3 nitrogen and oxygen atoms in total. The molecule has 1 aliphatic rings. The van der Waals surface area contributed by atoms with Crippen LogP contribution in [0.25, 0.3) is 0 Å². The third kappa shape index (κ3) is 3.96. The summed E-state index contributed by atoms with van der Waals surface area (Å²) in [6.45, 7) is 5.94. The van der Waals surface area contributed by atoms with Gasteiger partial charge >= 0.3 is 0 Å². The SMILES string of the molecule is Cc1cccc(C(=O)N2CCN(Cc3ccc(F)cc3)CC2)c1. The Morgan fingerprint density at radius 2 is 1.74 bits per heavy atom. The fourth-order valence-corrected chi connectivity index (χ4v) is 2.92. The Hall–Kier alpha value is -2.20. The summed E-state index contributed by atoms with van der Waals surface area (Å²) in [5.41, 5.74) is 2.97. The molecule has 1 amide bonds. The lowest BCUT2D eigenvalue weighted by molar-refractivity contribution is 0.0628. The summed E-state index contributed by atoms with van der Waals surface area (Å²) >= 11 is 0. The second-order valence-corrected chi connectivity index (χ2v) is 6.06. The molecule has 0 aromatic heterocycles. The molecule has 0 bridgehead atoms. The molecule has 1 aliphatic heterocycles. The zero-order valence-corrected chi connectivity index (χ0v) is 13.3.